The zero-order valence-corrected chi connectivity index (χ0v) is 18.0. The van der Waals surface area contributed by atoms with Crippen LogP contribution in [0.5, 0.6) is 5.75 Å². The number of nitrogens with zero attached hydrogens (tertiary/aromatic N) is 1. The topological polar surface area (TPSA) is 91.2 Å². The zero-order chi connectivity index (χ0) is 22.9. The lowest BCUT2D eigenvalue weighted by molar-refractivity contribution is -0.118. The van der Waals surface area contributed by atoms with Gasteiger partial charge in [-0.2, -0.15) is 5.26 Å². The van der Waals surface area contributed by atoms with Crippen molar-refractivity contribution in [3.63, 3.8) is 0 Å². The molecule has 0 saturated carbocycles. The van der Waals surface area contributed by atoms with E-state index in [1.807, 2.05) is 31.2 Å². The van der Waals surface area contributed by atoms with Crippen LogP contribution in [-0.2, 0) is 9.59 Å². The Morgan fingerprint density at radius 3 is 2.47 bits per heavy atom. The summed E-state index contributed by atoms with van der Waals surface area (Å²) >= 11 is 5.85. The first kappa shape index (κ1) is 22.6. The number of aryl methyl sites for hydroxylation is 1. The highest BCUT2D eigenvalue weighted by Crippen LogP contribution is 2.22. The number of carbonyl (C=O) groups excluding carboxylic acids is 2. The molecule has 6 nitrogen and oxygen atoms in total. The zero-order valence-electron chi connectivity index (χ0n) is 17.3. The van der Waals surface area contributed by atoms with Crippen molar-refractivity contribution in [2.24, 2.45) is 0 Å². The normalized spacial score (nSPS) is 10.7. The lowest BCUT2D eigenvalue weighted by Gasteiger charge is -2.10. The monoisotopic (exact) mass is 445 g/mol. The fourth-order valence-corrected chi connectivity index (χ4v) is 2.96. The number of nitrogens with one attached hydrogen (secondary N) is 2. The van der Waals surface area contributed by atoms with Crippen molar-refractivity contribution in [3.05, 3.63) is 94.5 Å². The number of nitriles is 1. The quantitative estimate of drug-likeness (QED) is 0.385. The van der Waals surface area contributed by atoms with Crippen molar-refractivity contribution < 1.29 is 14.3 Å². The van der Waals surface area contributed by atoms with Gasteiger partial charge in [-0.15, -0.1) is 0 Å². The van der Waals surface area contributed by atoms with Gasteiger partial charge in [-0.25, -0.2) is 0 Å². The molecular weight excluding hydrogens is 426 g/mol. The molecule has 160 valence electrons. The maximum Gasteiger partial charge on any atom is 0.266 e. The van der Waals surface area contributed by atoms with Crippen LogP contribution in [0.4, 0.5) is 11.4 Å². The second-order valence-electron chi connectivity index (χ2n) is 6.87. The summed E-state index contributed by atoms with van der Waals surface area (Å²) in [4.78, 5) is 24.7. The van der Waals surface area contributed by atoms with E-state index in [2.05, 4.69) is 10.6 Å². The second kappa shape index (κ2) is 10.8. The molecule has 0 aliphatic carbocycles. The summed E-state index contributed by atoms with van der Waals surface area (Å²) in [5, 5.41) is 15.4. The maximum absolute atomic E-state index is 12.5. The molecule has 0 aliphatic rings. The minimum absolute atomic E-state index is 0.111. The van der Waals surface area contributed by atoms with Crippen molar-refractivity contribution in [1.82, 2.24) is 0 Å². The molecule has 3 aromatic rings. The molecule has 0 aliphatic heterocycles. The molecule has 0 aromatic heterocycles. The van der Waals surface area contributed by atoms with Gasteiger partial charge in [-0.1, -0.05) is 41.9 Å². The summed E-state index contributed by atoms with van der Waals surface area (Å²) in [5.41, 5.74) is 2.61. The Morgan fingerprint density at radius 1 is 1.00 bits per heavy atom. The van der Waals surface area contributed by atoms with Crippen LogP contribution in [0, 0.1) is 18.3 Å². The van der Waals surface area contributed by atoms with E-state index in [1.54, 1.807) is 54.6 Å². The number of benzene rings is 3. The number of hydrogen-bond donors (Lipinski definition) is 2. The largest absolute Gasteiger partial charge is 0.483 e. The lowest BCUT2D eigenvalue weighted by Crippen LogP contribution is -2.20. The average molecular weight is 446 g/mol. The number of amides is 2. The Morgan fingerprint density at radius 2 is 1.75 bits per heavy atom. The predicted octanol–water partition coefficient (Wildman–Crippen LogP) is 5.21. The van der Waals surface area contributed by atoms with E-state index in [0.29, 0.717) is 27.7 Å². The fourth-order valence-electron chi connectivity index (χ4n) is 2.83. The van der Waals surface area contributed by atoms with Gasteiger partial charge in [0.15, 0.2) is 6.61 Å². The number of ether oxygens (including phenoxy) is 1. The highest BCUT2D eigenvalue weighted by atomic mass is 35.5. The molecule has 0 unspecified atom stereocenters. The van der Waals surface area contributed by atoms with Crippen molar-refractivity contribution in [1.29, 1.82) is 5.26 Å². The molecule has 7 heteroatoms. The number of halogens is 1. The van der Waals surface area contributed by atoms with Crippen LogP contribution in [0.15, 0.2) is 78.4 Å². The standard InChI is InChI=1S/C25H20ClN3O3/c1-17-5-4-7-22(13-17)28-24(30)16-32-23-8-3-2-6-18(23)14-19(15-27)25(31)29-21-11-9-20(26)10-12-21/h2-14H,16H2,1H3,(H,28,30)(H,29,31)/b19-14+. The second-order valence-corrected chi connectivity index (χ2v) is 7.31. The van der Waals surface area contributed by atoms with Crippen LogP contribution >= 0.6 is 11.6 Å². The molecule has 0 bridgehead atoms. The van der Waals surface area contributed by atoms with Crippen LogP contribution in [0.1, 0.15) is 11.1 Å². The summed E-state index contributed by atoms with van der Waals surface area (Å²) in [7, 11) is 0. The van der Waals surface area contributed by atoms with Crippen molar-refractivity contribution in [3.8, 4) is 11.8 Å². The number of hydrogen-bond acceptors (Lipinski definition) is 4. The van der Waals surface area contributed by atoms with Crippen molar-refractivity contribution in [2.75, 3.05) is 17.2 Å². The van der Waals surface area contributed by atoms with Gasteiger partial charge in [0.05, 0.1) is 0 Å². The highest BCUT2D eigenvalue weighted by Gasteiger charge is 2.12. The Bertz CT molecular complexity index is 1200. The van der Waals surface area contributed by atoms with Gasteiger partial charge in [0.2, 0.25) is 0 Å². The third-order valence-corrected chi connectivity index (χ3v) is 4.60. The summed E-state index contributed by atoms with van der Waals surface area (Å²) in [6.45, 7) is 1.71. The molecule has 0 spiro atoms. The molecule has 3 aromatic carbocycles. The van der Waals surface area contributed by atoms with E-state index in [0.717, 1.165) is 5.56 Å². The first-order valence-electron chi connectivity index (χ1n) is 9.71. The van der Waals surface area contributed by atoms with Gasteiger partial charge in [0.25, 0.3) is 11.8 Å². The molecule has 2 N–H and O–H groups in total. The smallest absolute Gasteiger partial charge is 0.266 e. The molecule has 0 fully saturated rings. The van der Waals surface area contributed by atoms with Gasteiger partial charge in [0, 0.05) is 22.0 Å². The van der Waals surface area contributed by atoms with E-state index in [1.165, 1.54) is 6.08 Å². The summed E-state index contributed by atoms with van der Waals surface area (Å²) in [6.07, 6.45) is 1.42. The van der Waals surface area contributed by atoms with E-state index < -0.39 is 5.91 Å². The van der Waals surface area contributed by atoms with E-state index in [9.17, 15) is 14.9 Å². The first-order valence-corrected chi connectivity index (χ1v) is 10.1. The maximum atomic E-state index is 12.5. The van der Waals surface area contributed by atoms with Crippen LogP contribution in [0.2, 0.25) is 5.02 Å². The highest BCUT2D eigenvalue weighted by molar-refractivity contribution is 6.30. The molecule has 3 rings (SSSR count). The van der Waals surface area contributed by atoms with Gasteiger partial charge in [-0.3, -0.25) is 9.59 Å². The fraction of sp³-hybridized carbons (Fsp3) is 0.0800. The summed E-state index contributed by atoms with van der Waals surface area (Å²) in [6, 6.07) is 22.7. The van der Waals surface area contributed by atoms with Gasteiger partial charge in [0.1, 0.15) is 17.4 Å². The molecular formula is C25H20ClN3O3. The average Bonchev–Trinajstić information content (AvgIpc) is 2.78. The first-order chi connectivity index (χ1) is 15.4. The number of para-hydroxylation sites is 1. The predicted molar refractivity (Wildman–Crippen MR) is 125 cm³/mol. The van der Waals surface area contributed by atoms with Crippen molar-refractivity contribution in [2.45, 2.75) is 6.92 Å². The third kappa shape index (κ3) is 6.46. The van der Waals surface area contributed by atoms with Gasteiger partial charge < -0.3 is 15.4 Å². The van der Waals surface area contributed by atoms with E-state index in [-0.39, 0.29) is 18.1 Å². The molecule has 2 amide bonds. The number of anilines is 2. The Labute approximate surface area is 191 Å². The Balaban J connectivity index is 1.69. The molecule has 0 heterocycles. The Kier molecular flexibility index (Phi) is 7.63. The van der Waals surface area contributed by atoms with Crippen LogP contribution in [0.25, 0.3) is 6.08 Å². The van der Waals surface area contributed by atoms with E-state index in [4.69, 9.17) is 16.3 Å². The van der Waals surface area contributed by atoms with Crippen LogP contribution in [-0.4, -0.2) is 18.4 Å². The minimum atomic E-state index is -0.568. The van der Waals surface area contributed by atoms with Crippen LogP contribution < -0.4 is 15.4 Å². The molecule has 0 saturated heterocycles. The molecule has 0 atom stereocenters. The summed E-state index contributed by atoms with van der Waals surface area (Å²) in [5.74, 6) is -0.517. The minimum Gasteiger partial charge on any atom is -0.483 e. The van der Waals surface area contributed by atoms with E-state index >= 15 is 0 Å². The third-order valence-electron chi connectivity index (χ3n) is 4.35. The summed E-state index contributed by atoms with van der Waals surface area (Å²) < 4.78 is 5.65. The van der Waals surface area contributed by atoms with Crippen molar-refractivity contribution >= 4 is 40.9 Å². The lowest BCUT2D eigenvalue weighted by atomic mass is 10.1. The Hall–Kier alpha value is -4.08. The number of carbonyl (C=O) groups is 2. The van der Waals surface area contributed by atoms with Crippen LogP contribution in [0.3, 0.4) is 0 Å². The molecule has 0 radical (unpaired) electrons. The van der Waals surface area contributed by atoms with Gasteiger partial charge in [-0.05, 0) is 61.0 Å². The molecule has 32 heavy (non-hydrogen) atoms. The SMILES string of the molecule is Cc1cccc(NC(=O)COc2ccccc2/C=C(\C#N)C(=O)Nc2ccc(Cl)cc2)c1. The number of rotatable bonds is 7. The van der Waals surface area contributed by atoms with Gasteiger partial charge >= 0.3 is 0 Å².